The molecule has 4 heterocycles. The lowest BCUT2D eigenvalue weighted by atomic mass is 10.1. The second-order valence-electron chi connectivity index (χ2n) is 8.59. The molecule has 5 rings (SSSR count). The molecule has 0 radical (unpaired) electrons. The number of nitrogens with zero attached hydrogens (tertiary/aromatic N) is 6. The number of hydrogen-bond donors (Lipinski definition) is 2. The summed E-state index contributed by atoms with van der Waals surface area (Å²) in [6.07, 6.45) is 0.843. The highest BCUT2D eigenvalue weighted by atomic mass is 19.4. The first-order valence-electron chi connectivity index (χ1n) is 11.3. The fourth-order valence-corrected chi connectivity index (χ4v) is 4.10. The van der Waals surface area contributed by atoms with Crippen LogP contribution in [0.5, 0.6) is 0 Å². The van der Waals surface area contributed by atoms with E-state index < -0.39 is 17.6 Å². The van der Waals surface area contributed by atoms with Crippen molar-refractivity contribution in [1.29, 1.82) is 0 Å². The number of benzene rings is 1. The topological polar surface area (TPSA) is 116 Å². The van der Waals surface area contributed by atoms with Crippen LogP contribution >= 0.6 is 0 Å². The lowest BCUT2D eigenvalue weighted by Crippen LogP contribution is -2.15. The SMILES string of the molecule is Cc1ncc(-c2cc(C(F)(F)F)c3c(N)ncnn23)cc1C(=O)Nc1cn(C(C)c2ccc(F)cc2)cn1. The summed E-state index contributed by atoms with van der Waals surface area (Å²) in [5.41, 5.74) is 5.93. The molecule has 0 aliphatic carbocycles. The first-order chi connectivity index (χ1) is 18.0. The fraction of sp³-hybridized carbons (Fsp3) is 0.160. The van der Waals surface area contributed by atoms with Gasteiger partial charge in [-0.05, 0) is 43.7 Å². The van der Waals surface area contributed by atoms with Crippen LogP contribution < -0.4 is 11.1 Å². The molecule has 5 aromatic rings. The number of anilines is 2. The van der Waals surface area contributed by atoms with Crippen LogP contribution in [-0.2, 0) is 6.18 Å². The molecule has 0 saturated carbocycles. The third kappa shape index (κ3) is 4.53. The summed E-state index contributed by atoms with van der Waals surface area (Å²) in [7, 11) is 0. The summed E-state index contributed by atoms with van der Waals surface area (Å²) < 4.78 is 57.1. The molecule has 1 atom stereocenters. The Morgan fingerprint density at radius 3 is 2.55 bits per heavy atom. The zero-order valence-corrected chi connectivity index (χ0v) is 20.0. The van der Waals surface area contributed by atoms with Gasteiger partial charge in [-0.25, -0.2) is 18.9 Å². The number of carbonyl (C=O) groups is 1. The maximum absolute atomic E-state index is 13.7. The highest BCUT2D eigenvalue weighted by Gasteiger charge is 2.36. The number of nitrogens with one attached hydrogen (secondary N) is 1. The Hall–Kier alpha value is -4.81. The molecule has 0 aliphatic rings. The van der Waals surface area contributed by atoms with E-state index in [1.54, 1.807) is 29.8 Å². The summed E-state index contributed by atoms with van der Waals surface area (Å²) in [5, 5.41) is 6.62. The molecule has 1 unspecified atom stereocenters. The van der Waals surface area contributed by atoms with E-state index in [1.807, 2.05) is 6.92 Å². The van der Waals surface area contributed by atoms with Crippen LogP contribution in [0.4, 0.5) is 29.2 Å². The number of alkyl halides is 3. The van der Waals surface area contributed by atoms with Crippen LogP contribution in [0.3, 0.4) is 0 Å². The minimum absolute atomic E-state index is 0.0420. The van der Waals surface area contributed by atoms with Crippen molar-refractivity contribution in [2.75, 3.05) is 11.1 Å². The van der Waals surface area contributed by atoms with E-state index in [9.17, 15) is 22.4 Å². The van der Waals surface area contributed by atoms with Crippen LogP contribution in [0.25, 0.3) is 16.8 Å². The van der Waals surface area contributed by atoms with Gasteiger partial charge in [-0.3, -0.25) is 9.78 Å². The summed E-state index contributed by atoms with van der Waals surface area (Å²) in [5.74, 6) is -0.976. The maximum Gasteiger partial charge on any atom is 0.418 e. The van der Waals surface area contributed by atoms with Crippen molar-refractivity contribution in [3.63, 3.8) is 0 Å². The van der Waals surface area contributed by atoms with Crippen LogP contribution in [0.15, 0.2) is 61.4 Å². The zero-order chi connectivity index (χ0) is 27.2. The Labute approximate surface area is 213 Å². The second-order valence-corrected chi connectivity index (χ2v) is 8.59. The zero-order valence-electron chi connectivity index (χ0n) is 20.0. The lowest BCUT2D eigenvalue weighted by molar-refractivity contribution is -0.136. The number of nitrogens with two attached hydrogens (primary N) is 1. The van der Waals surface area contributed by atoms with Gasteiger partial charge < -0.3 is 15.6 Å². The first kappa shape index (κ1) is 24.9. The highest BCUT2D eigenvalue weighted by molar-refractivity contribution is 6.05. The molecule has 1 aromatic carbocycles. The van der Waals surface area contributed by atoms with Gasteiger partial charge in [-0.15, -0.1) is 0 Å². The number of imidazole rings is 1. The first-order valence-corrected chi connectivity index (χ1v) is 11.3. The Balaban J connectivity index is 1.45. The van der Waals surface area contributed by atoms with Gasteiger partial charge in [0.2, 0.25) is 0 Å². The summed E-state index contributed by atoms with van der Waals surface area (Å²) in [6, 6.07) is 8.18. The van der Waals surface area contributed by atoms with E-state index in [4.69, 9.17) is 5.73 Å². The number of fused-ring (bicyclic) bond motifs is 1. The Bertz CT molecular complexity index is 1660. The van der Waals surface area contributed by atoms with Crippen molar-refractivity contribution in [2.24, 2.45) is 0 Å². The predicted molar refractivity (Wildman–Crippen MR) is 131 cm³/mol. The standard InChI is InChI=1S/C25H20F4N8O/c1-13-18(24(38)35-21-10-36(12-33-21)14(2)15-3-5-17(26)6-4-15)7-16(9-31-13)20-8-19(25(27,28)29)22-23(30)32-11-34-37(20)22/h3-12,14H,1-2H3,(H,35,38)(H2,30,32,34). The number of nitrogen functional groups attached to an aromatic ring is 1. The van der Waals surface area contributed by atoms with Crippen molar-refractivity contribution in [3.8, 4) is 11.3 Å². The van der Waals surface area contributed by atoms with E-state index in [-0.39, 0.29) is 45.8 Å². The van der Waals surface area contributed by atoms with E-state index in [0.29, 0.717) is 5.69 Å². The van der Waals surface area contributed by atoms with E-state index in [0.717, 1.165) is 22.5 Å². The molecule has 0 spiro atoms. The molecule has 4 aromatic heterocycles. The van der Waals surface area contributed by atoms with Gasteiger partial charge >= 0.3 is 6.18 Å². The quantitative estimate of drug-likeness (QED) is 0.316. The highest BCUT2D eigenvalue weighted by Crippen LogP contribution is 2.38. The molecule has 0 saturated heterocycles. The molecule has 38 heavy (non-hydrogen) atoms. The monoisotopic (exact) mass is 524 g/mol. The number of carbonyl (C=O) groups excluding carboxylic acids is 1. The molecular weight excluding hydrogens is 504 g/mol. The summed E-state index contributed by atoms with van der Waals surface area (Å²) in [4.78, 5) is 25.2. The Morgan fingerprint density at radius 2 is 1.84 bits per heavy atom. The molecule has 0 fully saturated rings. The van der Waals surface area contributed by atoms with E-state index in [2.05, 4.69) is 25.4 Å². The van der Waals surface area contributed by atoms with Crippen LogP contribution in [0, 0.1) is 12.7 Å². The summed E-state index contributed by atoms with van der Waals surface area (Å²) >= 11 is 0. The minimum Gasteiger partial charge on any atom is -0.382 e. The number of aryl methyl sites for hydroxylation is 1. The second kappa shape index (κ2) is 9.25. The number of aromatic nitrogens is 6. The third-order valence-electron chi connectivity index (χ3n) is 6.16. The number of hydrogen-bond acceptors (Lipinski definition) is 6. The van der Waals surface area contributed by atoms with Gasteiger partial charge in [0.1, 0.15) is 17.7 Å². The van der Waals surface area contributed by atoms with Gasteiger partial charge in [0.25, 0.3) is 5.91 Å². The average Bonchev–Trinajstić information content (AvgIpc) is 3.50. The van der Waals surface area contributed by atoms with Gasteiger partial charge in [0.05, 0.1) is 34.9 Å². The van der Waals surface area contributed by atoms with E-state index >= 15 is 0 Å². The lowest BCUT2D eigenvalue weighted by Gasteiger charge is -2.13. The molecule has 0 aliphatic heterocycles. The number of rotatable bonds is 5. The molecule has 9 nitrogen and oxygen atoms in total. The average molecular weight is 524 g/mol. The molecule has 194 valence electrons. The van der Waals surface area contributed by atoms with Gasteiger partial charge in [-0.1, -0.05) is 12.1 Å². The molecule has 3 N–H and O–H groups in total. The smallest absolute Gasteiger partial charge is 0.382 e. The van der Waals surface area contributed by atoms with Crippen molar-refractivity contribution < 1.29 is 22.4 Å². The van der Waals surface area contributed by atoms with Crippen molar-refractivity contribution >= 4 is 23.1 Å². The van der Waals surface area contributed by atoms with Crippen molar-refractivity contribution in [1.82, 2.24) is 29.1 Å². The summed E-state index contributed by atoms with van der Waals surface area (Å²) in [6.45, 7) is 3.50. The van der Waals surface area contributed by atoms with E-state index in [1.165, 1.54) is 30.7 Å². The Kier molecular flexibility index (Phi) is 6.05. The largest absolute Gasteiger partial charge is 0.418 e. The predicted octanol–water partition coefficient (Wildman–Crippen LogP) is 4.90. The maximum atomic E-state index is 13.7. The van der Waals surface area contributed by atoms with Gasteiger partial charge in [0, 0.05) is 18.0 Å². The van der Waals surface area contributed by atoms with Crippen LogP contribution in [-0.4, -0.2) is 35.0 Å². The van der Waals surface area contributed by atoms with Crippen LogP contribution in [0.1, 0.15) is 40.1 Å². The molecule has 0 bridgehead atoms. The normalized spacial score (nSPS) is 12.6. The number of halogens is 4. The van der Waals surface area contributed by atoms with Crippen LogP contribution in [0.2, 0.25) is 0 Å². The van der Waals surface area contributed by atoms with Crippen molar-refractivity contribution in [3.05, 3.63) is 89.6 Å². The number of pyridine rings is 1. The van der Waals surface area contributed by atoms with Gasteiger partial charge in [-0.2, -0.15) is 18.3 Å². The number of amides is 1. The molecule has 13 heteroatoms. The molecule has 1 amide bonds. The minimum atomic E-state index is -4.70. The molecular formula is C25H20F4N8O. The van der Waals surface area contributed by atoms with Gasteiger partial charge in [0.15, 0.2) is 11.6 Å². The third-order valence-corrected chi connectivity index (χ3v) is 6.16. The Morgan fingerprint density at radius 1 is 1.11 bits per heavy atom. The van der Waals surface area contributed by atoms with Crippen molar-refractivity contribution in [2.45, 2.75) is 26.1 Å². The fourth-order valence-electron chi connectivity index (χ4n) is 4.10.